The first-order chi connectivity index (χ1) is 10.1. The number of imidazole rings is 1. The summed E-state index contributed by atoms with van der Waals surface area (Å²) < 4.78 is 1.74. The van der Waals surface area contributed by atoms with Gasteiger partial charge in [0.2, 0.25) is 0 Å². The number of nitrogens with zero attached hydrogens (tertiary/aromatic N) is 1. The van der Waals surface area contributed by atoms with E-state index >= 15 is 0 Å². The average Bonchev–Trinajstić information content (AvgIpc) is 2.78. The molecule has 114 valence electrons. The van der Waals surface area contributed by atoms with Crippen LogP contribution in [0.15, 0.2) is 23.0 Å². The van der Waals surface area contributed by atoms with Crippen LogP contribution >= 0.6 is 0 Å². The van der Waals surface area contributed by atoms with Crippen molar-refractivity contribution >= 4 is 17.0 Å². The summed E-state index contributed by atoms with van der Waals surface area (Å²) in [5, 5.41) is 9.13. The highest BCUT2D eigenvalue weighted by molar-refractivity contribution is 5.92. The molecule has 1 aromatic heterocycles. The Balaban J connectivity index is 2.53. The maximum Gasteiger partial charge on any atom is 0.335 e. The highest BCUT2D eigenvalue weighted by atomic mass is 16.4. The number of carbonyl (C=O) groups is 1. The largest absolute Gasteiger partial charge is 0.478 e. The molecule has 1 unspecified atom stereocenters. The fraction of sp³-hybridized carbons (Fsp3) is 0.500. The SMILES string of the molecule is CCCCC(CCC)n1c(=O)[nH]c2ccc(C(=O)O)cc21. The molecular formula is C16H22N2O3. The van der Waals surface area contributed by atoms with Crippen molar-refractivity contribution in [3.05, 3.63) is 34.2 Å². The number of benzene rings is 1. The molecule has 0 radical (unpaired) electrons. The van der Waals surface area contributed by atoms with E-state index in [1.807, 2.05) is 0 Å². The fourth-order valence-corrected chi connectivity index (χ4v) is 2.79. The van der Waals surface area contributed by atoms with Crippen LogP contribution in [-0.2, 0) is 0 Å². The molecule has 0 bridgehead atoms. The van der Waals surface area contributed by atoms with Crippen molar-refractivity contribution in [2.75, 3.05) is 0 Å². The molecule has 2 aromatic rings. The molecule has 5 nitrogen and oxygen atoms in total. The smallest absolute Gasteiger partial charge is 0.335 e. The van der Waals surface area contributed by atoms with Gasteiger partial charge in [0.1, 0.15) is 0 Å². The molecule has 5 heteroatoms. The van der Waals surface area contributed by atoms with Gasteiger partial charge in [0.15, 0.2) is 0 Å². The van der Waals surface area contributed by atoms with Gasteiger partial charge in [0.05, 0.1) is 16.6 Å². The van der Waals surface area contributed by atoms with Crippen LogP contribution in [0.3, 0.4) is 0 Å². The van der Waals surface area contributed by atoms with Crippen LogP contribution < -0.4 is 5.69 Å². The number of carboxylic acids is 1. The maximum absolute atomic E-state index is 12.3. The van der Waals surface area contributed by atoms with E-state index in [0.717, 1.165) is 32.1 Å². The number of carboxylic acid groups (broad SMARTS) is 1. The summed E-state index contributed by atoms with van der Waals surface area (Å²) in [6.45, 7) is 4.23. The summed E-state index contributed by atoms with van der Waals surface area (Å²) in [6, 6.07) is 4.90. The molecule has 1 atom stereocenters. The van der Waals surface area contributed by atoms with Gasteiger partial charge in [0, 0.05) is 6.04 Å². The van der Waals surface area contributed by atoms with Gasteiger partial charge in [-0.25, -0.2) is 9.59 Å². The summed E-state index contributed by atoms with van der Waals surface area (Å²) in [5.41, 5.74) is 1.44. The van der Waals surface area contributed by atoms with Gasteiger partial charge in [-0.1, -0.05) is 33.1 Å². The summed E-state index contributed by atoms with van der Waals surface area (Å²) in [7, 11) is 0. The second-order valence-electron chi connectivity index (χ2n) is 5.42. The van der Waals surface area contributed by atoms with Gasteiger partial charge in [0.25, 0.3) is 0 Å². The minimum Gasteiger partial charge on any atom is -0.478 e. The number of fused-ring (bicyclic) bond motifs is 1. The van der Waals surface area contributed by atoms with Crippen molar-refractivity contribution in [1.29, 1.82) is 0 Å². The first-order valence-electron chi connectivity index (χ1n) is 7.56. The number of aromatic nitrogens is 2. The van der Waals surface area contributed by atoms with Gasteiger partial charge in [-0.2, -0.15) is 0 Å². The molecule has 21 heavy (non-hydrogen) atoms. The molecule has 0 fully saturated rings. The van der Waals surface area contributed by atoms with Crippen LogP contribution in [-0.4, -0.2) is 20.6 Å². The Labute approximate surface area is 123 Å². The van der Waals surface area contributed by atoms with E-state index in [0.29, 0.717) is 11.0 Å². The number of unbranched alkanes of at least 4 members (excludes halogenated alkanes) is 1. The minimum atomic E-state index is -0.974. The maximum atomic E-state index is 12.3. The zero-order valence-corrected chi connectivity index (χ0v) is 12.6. The number of aromatic amines is 1. The third-order valence-electron chi connectivity index (χ3n) is 3.84. The molecule has 0 amide bonds. The lowest BCUT2D eigenvalue weighted by atomic mass is 10.0. The van der Waals surface area contributed by atoms with E-state index < -0.39 is 5.97 Å². The van der Waals surface area contributed by atoms with Crippen molar-refractivity contribution in [1.82, 2.24) is 9.55 Å². The molecule has 0 saturated carbocycles. The predicted molar refractivity (Wildman–Crippen MR) is 83.0 cm³/mol. The van der Waals surface area contributed by atoms with Gasteiger partial charge in [-0.15, -0.1) is 0 Å². The molecule has 1 aromatic carbocycles. The minimum absolute atomic E-state index is 0.125. The highest BCUT2D eigenvalue weighted by Crippen LogP contribution is 2.24. The fourth-order valence-electron chi connectivity index (χ4n) is 2.79. The third-order valence-corrected chi connectivity index (χ3v) is 3.84. The lowest BCUT2D eigenvalue weighted by Crippen LogP contribution is -2.22. The number of rotatable bonds is 7. The molecule has 2 rings (SSSR count). The lowest BCUT2D eigenvalue weighted by molar-refractivity contribution is 0.0697. The number of aromatic carboxylic acids is 1. The highest BCUT2D eigenvalue weighted by Gasteiger charge is 2.17. The number of hydrogen-bond acceptors (Lipinski definition) is 2. The molecule has 1 heterocycles. The van der Waals surface area contributed by atoms with E-state index in [1.165, 1.54) is 6.07 Å². The number of nitrogens with one attached hydrogen (secondary N) is 1. The summed E-state index contributed by atoms with van der Waals surface area (Å²) >= 11 is 0. The van der Waals surface area contributed by atoms with Crippen LogP contribution in [0.4, 0.5) is 0 Å². The van der Waals surface area contributed by atoms with E-state index in [2.05, 4.69) is 18.8 Å². The van der Waals surface area contributed by atoms with Gasteiger partial charge < -0.3 is 10.1 Å². The van der Waals surface area contributed by atoms with E-state index in [-0.39, 0.29) is 17.3 Å². The quantitative estimate of drug-likeness (QED) is 0.818. The van der Waals surface area contributed by atoms with Crippen LogP contribution in [0.5, 0.6) is 0 Å². The van der Waals surface area contributed by atoms with E-state index in [4.69, 9.17) is 5.11 Å². The molecule has 2 N–H and O–H groups in total. The van der Waals surface area contributed by atoms with Crippen LogP contribution in [0.25, 0.3) is 11.0 Å². The molecule has 0 saturated heterocycles. The van der Waals surface area contributed by atoms with Crippen molar-refractivity contribution in [3.8, 4) is 0 Å². The first-order valence-corrected chi connectivity index (χ1v) is 7.56. The Morgan fingerprint density at radius 1 is 1.29 bits per heavy atom. The second kappa shape index (κ2) is 6.61. The van der Waals surface area contributed by atoms with Gasteiger partial charge >= 0.3 is 11.7 Å². The molecular weight excluding hydrogens is 268 g/mol. The molecule has 0 aliphatic heterocycles. The Kier molecular flexibility index (Phi) is 4.83. The lowest BCUT2D eigenvalue weighted by Gasteiger charge is -2.18. The van der Waals surface area contributed by atoms with Crippen molar-refractivity contribution < 1.29 is 9.90 Å². The Morgan fingerprint density at radius 3 is 2.67 bits per heavy atom. The monoisotopic (exact) mass is 290 g/mol. The van der Waals surface area contributed by atoms with Crippen molar-refractivity contribution in [2.45, 2.75) is 52.0 Å². The summed E-state index contributed by atoms with van der Waals surface area (Å²) in [5.74, 6) is -0.974. The Morgan fingerprint density at radius 2 is 2.05 bits per heavy atom. The van der Waals surface area contributed by atoms with E-state index in [1.54, 1.807) is 16.7 Å². The Bertz CT molecular complexity index is 684. The van der Waals surface area contributed by atoms with Crippen LogP contribution in [0, 0.1) is 0 Å². The molecule has 0 aliphatic carbocycles. The third kappa shape index (κ3) is 3.17. The number of H-pyrrole nitrogens is 1. The summed E-state index contributed by atoms with van der Waals surface area (Å²) in [4.78, 5) is 26.2. The topological polar surface area (TPSA) is 75.1 Å². The zero-order chi connectivity index (χ0) is 15.4. The summed E-state index contributed by atoms with van der Waals surface area (Å²) in [6.07, 6.45) is 4.99. The van der Waals surface area contributed by atoms with Gasteiger partial charge in [-0.3, -0.25) is 4.57 Å². The normalized spacial score (nSPS) is 12.7. The first kappa shape index (κ1) is 15.4. The van der Waals surface area contributed by atoms with Crippen molar-refractivity contribution in [3.63, 3.8) is 0 Å². The Hall–Kier alpha value is -2.04. The predicted octanol–water partition coefficient (Wildman–Crippen LogP) is 3.56. The van der Waals surface area contributed by atoms with Gasteiger partial charge in [-0.05, 0) is 31.0 Å². The standard InChI is InChI=1S/C16H22N2O3/c1-3-5-7-12(6-4-2)18-14-10-11(15(19)20)8-9-13(14)17-16(18)21/h8-10,12H,3-7H2,1-2H3,(H,17,21)(H,19,20). The van der Waals surface area contributed by atoms with E-state index in [9.17, 15) is 9.59 Å². The zero-order valence-electron chi connectivity index (χ0n) is 12.6. The average molecular weight is 290 g/mol. The molecule has 0 aliphatic rings. The van der Waals surface area contributed by atoms with Crippen molar-refractivity contribution in [2.24, 2.45) is 0 Å². The van der Waals surface area contributed by atoms with Crippen LogP contribution in [0.1, 0.15) is 62.4 Å². The second-order valence-corrected chi connectivity index (χ2v) is 5.42. The number of hydrogen-bond donors (Lipinski definition) is 2. The molecule has 0 spiro atoms. The van der Waals surface area contributed by atoms with Crippen LogP contribution in [0.2, 0.25) is 0 Å².